The average Bonchev–Trinajstić information content (AvgIpc) is 3.11. The molecule has 4 rings (SSSR count). The van der Waals surface area contributed by atoms with Crippen LogP contribution in [0, 0.1) is 5.92 Å². The Bertz CT molecular complexity index is 684. The maximum absolute atomic E-state index is 5.98. The molecule has 2 heterocycles. The molecule has 1 aliphatic heterocycles. The molecule has 1 aromatic carbocycles. The monoisotopic (exact) mass is 326 g/mol. The van der Waals surface area contributed by atoms with Crippen LogP contribution in [0.3, 0.4) is 0 Å². The fourth-order valence-electron chi connectivity index (χ4n) is 4.08. The van der Waals surface area contributed by atoms with Gasteiger partial charge in [0, 0.05) is 26.2 Å². The van der Waals surface area contributed by atoms with Crippen LogP contribution in [0.2, 0.25) is 0 Å². The fourth-order valence-corrected chi connectivity index (χ4v) is 4.08. The number of hydrogen-bond donors (Lipinski definition) is 0. The standard InChI is InChI=1S/C19H26N4O/c1-2-23-14-20-21-19(23)18-13-22(9-10-24-18)12-15-7-8-16-5-3-4-6-17(16)11-15/h3-6,14-15,18H,2,7-13H2,1H3/t15-,18+/m0/s1. The van der Waals surface area contributed by atoms with E-state index in [9.17, 15) is 0 Å². The molecule has 0 spiro atoms. The van der Waals surface area contributed by atoms with Gasteiger partial charge < -0.3 is 9.30 Å². The lowest BCUT2D eigenvalue weighted by Crippen LogP contribution is -2.42. The van der Waals surface area contributed by atoms with E-state index in [-0.39, 0.29) is 6.10 Å². The normalized spacial score (nSPS) is 24.7. The summed E-state index contributed by atoms with van der Waals surface area (Å²) in [5.41, 5.74) is 3.09. The van der Waals surface area contributed by atoms with Gasteiger partial charge in [0.2, 0.25) is 0 Å². The van der Waals surface area contributed by atoms with Crippen molar-refractivity contribution in [1.29, 1.82) is 0 Å². The molecule has 128 valence electrons. The first-order valence-corrected chi connectivity index (χ1v) is 9.12. The third-order valence-corrected chi connectivity index (χ3v) is 5.39. The van der Waals surface area contributed by atoms with Crippen LogP contribution < -0.4 is 0 Å². The molecule has 24 heavy (non-hydrogen) atoms. The molecule has 5 heteroatoms. The molecular weight excluding hydrogens is 300 g/mol. The molecule has 5 nitrogen and oxygen atoms in total. The Balaban J connectivity index is 1.39. The zero-order chi connectivity index (χ0) is 16.4. The Morgan fingerprint density at radius 1 is 1.25 bits per heavy atom. The Hall–Kier alpha value is -1.72. The van der Waals surface area contributed by atoms with Crippen molar-refractivity contribution in [2.45, 2.75) is 38.8 Å². The number of aryl methyl sites for hydroxylation is 2. The average molecular weight is 326 g/mol. The molecule has 0 unspecified atom stereocenters. The third-order valence-electron chi connectivity index (χ3n) is 5.39. The number of nitrogens with zero attached hydrogens (tertiary/aromatic N) is 4. The molecule has 0 radical (unpaired) electrons. The SMILES string of the molecule is CCn1cnnc1[C@H]1CN(C[C@H]2CCc3ccccc3C2)CCO1. The van der Waals surface area contributed by atoms with Gasteiger partial charge in [-0.25, -0.2) is 0 Å². The molecule has 2 aliphatic rings. The molecule has 2 aromatic rings. The van der Waals surface area contributed by atoms with Crippen LogP contribution in [0.25, 0.3) is 0 Å². The van der Waals surface area contributed by atoms with Gasteiger partial charge in [-0.2, -0.15) is 0 Å². The van der Waals surface area contributed by atoms with E-state index < -0.39 is 0 Å². The van der Waals surface area contributed by atoms with Gasteiger partial charge in [-0.05, 0) is 43.2 Å². The number of morpholine rings is 1. The van der Waals surface area contributed by atoms with E-state index in [1.54, 1.807) is 17.5 Å². The first-order valence-electron chi connectivity index (χ1n) is 9.12. The van der Waals surface area contributed by atoms with Crippen molar-refractivity contribution in [2.24, 2.45) is 5.92 Å². The summed E-state index contributed by atoms with van der Waals surface area (Å²) < 4.78 is 8.06. The zero-order valence-electron chi connectivity index (χ0n) is 14.4. The number of rotatable bonds is 4. The predicted octanol–water partition coefficient (Wildman–Crippen LogP) is 2.48. The van der Waals surface area contributed by atoms with E-state index in [4.69, 9.17) is 4.74 Å². The van der Waals surface area contributed by atoms with Crippen LogP contribution in [-0.2, 0) is 24.1 Å². The minimum Gasteiger partial charge on any atom is -0.368 e. The van der Waals surface area contributed by atoms with E-state index in [1.807, 2.05) is 0 Å². The second kappa shape index (κ2) is 7.03. The van der Waals surface area contributed by atoms with Crippen molar-refractivity contribution in [3.8, 4) is 0 Å². The van der Waals surface area contributed by atoms with Crippen molar-refractivity contribution < 1.29 is 4.74 Å². The molecule has 1 fully saturated rings. The highest BCUT2D eigenvalue weighted by atomic mass is 16.5. The van der Waals surface area contributed by atoms with E-state index in [1.165, 1.54) is 19.3 Å². The molecular formula is C19H26N4O. The molecule has 1 saturated heterocycles. The lowest BCUT2D eigenvalue weighted by Gasteiger charge is -2.36. The highest BCUT2D eigenvalue weighted by Gasteiger charge is 2.28. The topological polar surface area (TPSA) is 43.2 Å². The molecule has 0 N–H and O–H groups in total. The largest absolute Gasteiger partial charge is 0.368 e. The first kappa shape index (κ1) is 15.8. The molecule has 0 saturated carbocycles. The quantitative estimate of drug-likeness (QED) is 0.866. The lowest BCUT2D eigenvalue weighted by molar-refractivity contribution is -0.0408. The number of ether oxygens (including phenoxy) is 1. The van der Waals surface area contributed by atoms with Gasteiger partial charge in [0.1, 0.15) is 12.4 Å². The van der Waals surface area contributed by atoms with Gasteiger partial charge in [0.15, 0.2) is 5.82 Å². The van der Waals surface area contributed by atoms with Crippen molar-refractivity contribution in [2.75, 3.05) is 26.2 Å². The first-order chi connectivity index (χ1) is 11.8. The van der Waals surface area contributed by atoms with E-state index in [2.05, 4.69) is 50.9 Å². The van der Waals surface area contributed by atoms with E-state index in [0.717, 1.165) is 44.5 Å². The zero-order valence-corrected chi connectivity index (χ0v) is 14.4. The van der Waals surface area contributed by atoms with Crippen LogP contribution in [0.1, 0.15) is 36.4 Å². The van der Waals surface area contributed by atoms with Gasteiger partial charge >= 0.3 is 0 Å². The maximum atomic E-state index is 5.98. The van der Waals surface area contributed by atoms with E-state index in [0.29, 0.717) is 0 Å². The summed E-state index contributed by atoms with van der Waals surface area (Å²) in [6, 6.07) is 8.92. The molecule has 1 aromatic heterocycles. The van der Waals surface area contributed by atoms with Gasteiger partial charge in [-0.3, -0.25) is 4.90 Å². The van der Waals surface area contributed by atoms with Crippen molar-refractivity contribution in [1.82, 2.24) is 19.7 Å². The van der Waals surface area contributed by atoms with Gasteiger partial charge in [0.25, 0.3) is 0 Å². The lowest BCUT2D eigenvalue weighted by atomic mass is 9.83. The van der Waals surface area contributed by atoms with Crippen molar-refractivity contribution in [3.63, 3.8) is 0 Å². The summed E-state index contributed by atoms with van der Waals surface area (Å²) in [5.74, 6) is 1.72. The Labute approximate surface area is 143 Å². The Kier molecular flexibility index (Phi) is 4.63. The highest BCUT2D eigenvalue weighted by Crippen LogP contribution is 2.28. The number of aromatic nitrogens is 3. The Morgan fingerprint density at radius 2 is 2.12 bits per heavy atom. The third kappa shape index (κ3) is 3.23. The van der Waals surface area contributed by atoms with Gasteiger partial charge in [-0.15, -0.1) is 10.2 Å². The molecule has 1 aliphatic carbocycles. The smallest absolute Gasteiger partial charge is 0.163 e. The fraction of sp³-hybridized carbons (Fsp3) is 0.579. The van der Waals surface area contributed by atoms with E-state index >= 15 is 0 Å². The second-order valence-electron chi connectivity index (χ2n) is 6.97. The Morgan fingerprint density at radius 3 is 3.00 bits per heavy atom. The summed E-state index contributed by atoms with van der Waals surface area (Å²) in [7, 11) is 0. The minimum atomic E-state index is 0.0528. The van der Waals surface area contributed by atoms with Crippen molar-refractivity contribution >= 4 is 0 Å². The van der Waals surface area contributed by atoms with Gasteiger partial charge in [0.05, 0.1) is 6.61 Å². The van der Waals surface area contributed by atoms with Crippen LogP contribution in [0.5, 0.6) is 0 Å². The van der Waals surface area contributed by atoms with Crippen LogP contribution in [0.15, 0.2) is 30.6 Å². The minimum absolute atomic E-state index is 0.0528. The maximum Gasteiger partial charge on any atom is 0.163 e. The molecule has 0 amide bonds. The second-order valence-corrected chi connectivity index (χ2v) is 6.97. The number of benzene rings is 1. The summed E-state index contributed by atoms with van der Waals surface area (Å²) in [6.07, 6.45) is 5.58. The van der Waals surface area contributed by atoms with Crippen molar-refractivity contribution in [3.05, 3.63) is 47.5 Å². The van der Waals surface area contributed by atoms with Crippen LogP contribution >= 0.6 is 0 Å². The van der Waals surface area contributed by atoms with Gasteiger partial charge in [-0.1, -0.05) is 24.3 Å². The van der Waals surface area contributed by atoms with Crippen LogP contribution in [-0.4, -0.2) is 45.9 Å². The molecule has 0 bridgehead atoms. The number of hydrogen-bond acceptors (Lipinski definition) is 4. The summed E-state index contributed by atoms with van der Waals surface area (Å²) in [5, 5.41) is 8.33. The molecule has 2 atom stereocenters. The van der Waals surface area contributed by atoms with Crippen LogP contribution in [0.4, 0.5) is 0 Å². The number of fused-ring (bicyclic) bond motifs is 1. The highest BCUT2D eigenvalue weighted by molar-refractivity contribution is 5.29. The summed E-state index contributed by atoms with van der Waals surface area (Å²) in [4.78, 5) is 2.56. The summed E-state index contributed by atoms with van der Waals surface area (Å²) >= 11 is 0. The summed E-state index contributed by atoms with van der Waals surface area (Å²) in [6.45, 7) is 6.90. The predicted molar refractivity (Wildman–Crippen MR) is 92.8 cm³/mol.